The standard InChI is InChI=1S/C9H13N5O2/c10-7-3-11-14(4-7)2-1-13-5-8(15)12-9(16)6-13/h3-4H,1-2,5-6,10H2,(H,12,15,16). The zero-order chi connectivity index (χ0) is 11.5. The Bertz CT molecular complexity index is 398. The van der Waals surface area contributed by atoms with Crippen molar-refractivity contribution in [3.63, 3.8) is 0 Å². The molecule has 2 rings (SSSR count). The van der Waals surface area contributed by atoms with Crippen LogP contribution in [0.5, 0.6) is 0 Å². The minimum atomic E-state index is -0.253. The molecule has 2 amide bonds. The van der Waals surface area contributed by atoms with Gasteiger partial charge in [-0.1, -0.05) is 0 Å². The number of hydrogen-bond donors (Lipinski definition) is 2. The van der Waals surface area contributed by atoms with Crippen LogP contribution >= 0.6 is 0 Å². The molecule has 0 unspecified atom stereocenters. The summed E-state index contributed by atoms with van der Waals surface area (Å²) in [5.74, 6) is -0.507. The number of hydrogen-bond acceptors (Lipinski definition) is 5. The number of piperazine rings is 1. The molecule has 7 nitrogen and oxygen atoms in total. The molecule has 3 N–H and O–H groups in total. The number of carbonyl (C=O) groups is 2. The Labute approximate surface area is 92.2 Å². The molecule has 1 saturated heterocycles. The van der Waals surface area contributed by atoms with E-state index in [9.17, 15) is 9.59 Å². The van der Waals surface area contributed by atoms with Gasteiger partial charge in [-0.05, 0) is 0 Å². The molecule has 1 aromatic heterocycles. The molecular formula is C9H13N5O2. The van der Waals surface area contributed by atoms with E-state index in [1.807, 2.05) is 0 Å². The van der Waals surface area contributed by atoms with Gasteiger partial charge in [-0.3, -0.25) is 24.5 Å². The van der Waals surface area contributed by atoms with E-state index in [0.717, 1.165) is 0 Å². The van der Waals surface area contributed by atoms with Crippen LogP contribution in [0.2, 0.25) is 0 Å². The highest BCUT2D eigenvalue weighted by molar-refractivity contribution is 5.99. The summed E-state index contributed by atoms with van der Waals surface area (Å²) in [5.41, 5.74) is 6.12. The molecule has 0 bridgehead atoms. The van der Waals surface area contributed by atoms with Gasteiger partial charge in [0, 0.05) is 12.7 Å². The van der Waals surface area contributed by atoms with Gasteiger partial charge in [0.05, 0.1) is 31.5 Å². The second kappa shape index (κ2) is 4.31. The molecule has 0 aromatic carbocycles. The van der Waals surface area contributed by atoms with Gasteiger partial charge < -0.3 is 5.73 Å². The fourth-order valence-electron chi connectivity index (χ4n) is 1.60. The smallest absolute Gasteiger partial charge is 0.240 e. The topological polar surface area (TPSA) is 93.2 Å². The second-order valence-electron chi connectivity index (χ2n) is 3.72. The number of nitrogens with one attached hydrogen (secondary N) is 1. The van der Waals surface area contributed by atoms with E-state index < -0.39 is 0 Å². The molecule has 16 heavy (non-hydrogen) atoms. The predicted octanol–water partition coefficient (Wildman–Crippen LogP) is -1.58. The van der Waals surface area contributed by atoms with E-state index in [-0.39, 0.29) is 24.9 Å². The molecule has 1 aliphatic heterocycles. The minimum Gasteiger partial charge on any atom is -0.396 e. The highest BCUT2D eigenvalue weighted by Gasteiger charge is 2.21. The fourth-order valence-corrected chi connectivity index (χ4v) is 1.60. The summed E-state index contributed by atoms with van der Waals surface area (Å²) in [6, 6.07) is 0. The van der Waals surface area contributed by atoms with Crippen LogP contribution in [0, 0.1) is 0 Å². The summed E-state index contributed by atoms with van der Waals surface area (Å²) in [6.07, 6.45) is 3.28. The van der Waals surface area contributed by atoms with E-state index >= 15 is 0 Å². The van der Waals surface area contributed by atoms with Crippen LogP contribution in [0.1, 0.15) is 0 Å². The van der Waals surface area contributed by atoms with Crippen molar-refractivity contribution in [2.24, 2.45) is 0 Å². The molecule has 7 heteroatoms. The lowest BCUT2D eigenvalue weighted by Gasteiger charge is -2.24. The Morgan fingerprint density at radius 3 is 2.56 bits per heavy atom. The summed E-state index contributed by atoms with van der Waals surface area (Å²) in [7, 11) is 0. The normalized spacial score (nSPS) is 17.5. The van der Waals surface area contributed by atoms with Gasteiger partial charge in [-0.25, -0.2) is 0 Å². The van der Waals surface area contributed by atoms with Crippen molar-refractivity contribution in [2.75, 3.05) is 25.4 Å². The zero-order valence-electron chi connectivity index (χ0n) is 8.72. The van der Waals surface area contributed by atoms with Crippen molar-refractivity contribution in [2.45, 2.75) is 6.54 Å². The number of nitrogens with zero attached hydrogens (tertiary/aromatic N) is 3. The summed E-state index contributed by atoms with van der Waals surface area (Å²) >= 11 is 0. The van der Waals surface area contributed by atoms with Crippen LogP contribution in [0.3, 0.4) is 0 Å². The maximum absolute atomic E-state index is 11.1. The van der Waals surface area contributed by atoms with Gasteiger partial charge in [0.15, 0.2) is 0 Å². The van der Waals surface area contributed by atoms with Crippen LogP contribution in [0.15, 0.2) is 12.4 Å². The highest BCUT2D eigenvalue weighted by atomic mass is 16.2. The number of rotatable bonds is 3. The van der Waals surface area contributed by atoms with Gasteiger partial charge in [0.2, 0.25) is 11.8 Å². The number of carbonyl (C=O) groups excluding carboxylic acids is 2. The Hall–Kier alpha value is -1.89. The number of anilines is 1. The fraction of sp³-hybridized carbons (Fsp3) is 0.444. The number of imide groups is 1. The first-order valence-corrected chi connectivity index (χ1v) is 4.96. The maximum atomic E-state index is 11.1. The second-order valence-corrected chi connectivity index (χ2v) is 3.72. The van der Waals surface area contributed by atoms with Gasteiger partial charge in [-0.15, -0.1) is 0 Å². The first kappa shape index (κ1) is 10.6. The van der Waals surface area contributed by atoms with Crippen molar-refractivity contribution >= 4 is 17.5 Å². The molecule has 1 aromatic rings. The average Bonchev–Trinajstić information content (AvgIpc) is 2.60. The third-order valence-corrected chi connectivity index (χ3v) is 2.31. The summed E-state index contributed by atoms with van der Waals surface area (Å²) in [4.78, 5) is 23.9. The quantitative estimate of drug-likeness (QED) is 0.603. The third kappa shape index (κ3) is 2.57. The number of nitrogen functional groups attached to an aromatic ring is 1. The van der Waals surface area contributed by atoms with Crippen LogP contribution in [0.4, 0.5) is 5.69 Å². The predicted molar refractivity (Wildman–Crippen MR) is 56.2 cm³/mol. The van der Waals surface area contributed by atoms with E-state index in [4.69, 9.17) is 5.73 Å². The van der Waals surface area contributed by atoms with E-state index in [1.165, 1.54) is 0 Å². The van der Waals surface area contributed by atoms with Crippen LogP contribution < -0.4 is 11.1 Å². The molecule has 2 heterocycles. The van der Waals surface area contributed by atoms with Crippen LogP contribution in [-0.2, 0) is 16.1 Å². The highest BCUT2D eigenvalue weighted by Crippen LogP contribution is 1.99. The lowest BCUT2D eigenvalue weighted by molar-refractivity contribution is -0.136. The average molecular weight is 223 g/mol. The Morgan fingerprint density at radius 2 is 2.00 bits per heavy atom. The molecule has 0 saturated carbocycles. The molecule has 0 aliphatic carbocycles. The lowest BCUT2D eigenvalue weighted by atomic mass is 10.3. The van der Waals surface area contributed by atoms with Gasteiger partial charge in [0.1, 0.15) is 0 Å². The van der Waals surface area contributed by atoms with Crippen molar-refractivity contribution in [3.8, 4) is 0 Å². The van der Waals surface area contributed by atoms with Crippen molar-refractivity contribution in [1.29, 1.82) is 0 Å². The monoisotopic (exact) mass is 223 g/mol. The minimum absolute atomic E-state index is 0.252. The van der Waals surface area contributed by atoms with Crippen molar-refractivity contribution in [1.82, 2.24) is 20.0 Å². The molecule has 86 valence electrons. The van der Waals surface area contributed by atoms with Crippen LogP contribution in [-0.4, -0.2) is 46.1 Å². The first-order valence-electron chi connectivity index (χ1n) is 4.96. The third-order valence-electron chi connectivity index (χ3n) is 2.31. The Balaban J connectivity index is 1.85. The Morgan fingerprint density at radius 1 is 1.31 bits per heavy atom. The SMILES string of the molecule is Nc1cnn(CCN2CC(=O)NC(=O)C2)c1. The molecule has 1 fully saturated rings. The maximum Gasteiger partial charge on any atom is 0.240 e. The largest absolute Gasteiger partial charge is 0.396 e. The van der Waals surface area contributed by atoms with Crippen molar-refractivity contribution < 1.29 is 9.59 Å². The summed E-state index contributed by atoms with van der Waals surface area (Å²) < 4.78 is 1.69. The molecule has 0 atom stereocenters. The van der Waals surface area contributed by atoms with Gasteiger partial charge >= 0.3 is 0 Å². The lowest BCUT2D eigenvalue weighted by Crippen LogP contribution is -2.52. The molecular weight excluding hydrogens is 210 g/mol. The zero-order valence-corrected chi connectivity index (χ0v) is 8.72. The first-order chi connectivity index (χ1) is 7.63. The number of aromatic nitrogens is 2. The van der Waals surface area contributed by atoms with E-state index in [0.29, 0.717) is 18.8 Å². The van der Waals surface area contributed by atoms with Gasteiger partial charge in [-0.2, -0.15) is 5.10 Å². The van der Waals surface area contributed by atoms with E-state index in [1.54, 1.807) is 22.0 Å². The van der Waals surface area contributed by atoms with Gasteiger partial charge in [0.25, 0.3) is 0 Å². The van der Waals surface area contributed by atoms with Crippen LogP contribution in [0.25, 0.3) is 0 Å². The summed E-state index contributed by atoms with van der Waals surface area (Å²) in [6.45, 7) is 1.71. The Kier molecular flexibility index (Phi) is 2.86. The summed E-state index contributed by atoms with van der Waals surface area (Å²) in [5, 5.41) is 6.27. The molecule has 0 spiro atoms. The molecule has 1 aliphatic rings. The van der Waals surface area contributed by atoms with Crippen molar-refractivity contribution in [3.05, 3.63) is 12.4 Å². The molecule has 0 radical (unpaired) electrons. The van der Waals surface area contributed by atoms with E-state index in [2.05, 4.69) is 10.4 Å². The number of amides is 2. The number of nitrogens with two attached hydrogens (primary N) is 1.